The van der Waals surface area contributed by atoms with Crippen molar-refractivity contribution >= 4 is 27.7 Å². The van der Waals surface area contributed by atoms with Gasteiger partial charge in [0, 0.05) is 20.2 Å². The fourth-order valence-corrected chi connectivity index (χ4v) is 1.42. The van der Waals surface area contributed by atoms with Crippen molar-refractivity contribution in [1.29, 1.82) is 0 Å². The van der Waals surface area contributed by atoms with E-state index < -0.39 is 0 Å². The average Bonchev–Trinajstić information content (AvgIpc) is 2.12. The normalized spacial score (nSPS) is 9.87. The van der Waals surface area contributed by atoms with Crippen LogP contribution in [0.15, 0.2) is 10.7 Å². The largest absolute Gasteiger partial charge is 0.361 e. The Morgan fingerprint density at radius 1 is 1.53 bits per heavy atom. The van der Waals surface area contributed by atoms with Gasteiger partial charge in [0.1, 0.15) is 16.2 Å². The predicted octanol–water partition coefficient (Wildman–Crippen LogP) is 1.05. The molecule has 15 heavy (non-hydrogen) atoms. The molecule has 0 fully saturated rings. The third-order valence-corrected chi connectivity index (χ3v) is 2.13. The van der Waals surface area contributed by atoms with Crippen molar-refractivity contribution in [1.82, 2.24) is 14.9 Å². The molecule has 0 atom stereocenters. The quantitative estimate of drug-likeness (QED) is 0.836. The highest BCUT2D eigenvalue weighted by Crippen LogP contribution is 2.11. The maximum atomic E-state index is 11.3. The number of carbonyl (C=O) groups is 1. The Morgan fingerprint density at radius 2 is 2.20 bits per heavy atom. The molecular formula is C9H13BrN4O. The van der Waals surface area contributed by atoms with Crippen molar-refractivity contribution in [3.05, 3.63) is 16.5 Å². The summed E-state index contributed by atoms with van der Waals surface area (Å²) in [6.45, 7) is 2.03. The van der Waals surface area contributed by atoms with Crippen LogP contribution in [0.2, 0.25) is 0 Å². The zero-order chi connectivity index (χ0) is 11.4. The van der Waals surface area contributed by atoms with Crippen LogP contribution in [-0.4, -0.2) is 41.4 Å². The Kier molecular flexibility index (Phi) is 4.02. The number of amides is 1. The van der Waals surface area contributed by atoms with Gasteiger partial charge in [-0.1, -0.05) is 0 Å². The first-order valence-corrected chi connectivity index (χ1v) is 5.23. The molecule has 0 saturated heterocycles. The molecule has 1 amide bonds. The summed E-state index contributed by atoms with van der Waals surface area (Å²) in [6.07, 6.45) is 0. The first-order chi connectivity index (χ1) is 6.99. The van der Waals surface area contributed by atoms with E-state index in [9.17, 15) is 4.79 Å². The van der Waals surface area contributed by atoms with Gasteiger partial charge in [0.2, 0.25) is 5.91 Å². The van der Waals surface area contributed by atoms with Crippen molar-refractivity contribution in [3.8, 4) is 0 Å². The number of nitrogens with one attached hydrogen (secondary N) is 1. The minimum Gasteiger partial charge on any atom is -0.361 e. The van der Waals surface area contributed by atoms with Gasteiger partial charge in [0.15, 0.2) is 0 Å². The van der Waals surface area contributed by atoms with Crippen molar-refractivity contribution in [2.75, 3.05) is 26.0 Å². The first kappa shape index (κ1) is 11.9. The molecule has 0 aliphatic rings. The number of anilines is 1. The van der Waals surface area contributed by atoms with Gasteiger partial charge >= 0.3 is 0 Å². The third kappa shape index (κ3) is 3.83. The number of nitrogens with zero attached hydrogens (tertiary/aromatic N) is 3. The number of aromatic nitrogens is 2. The highest BCUT2D eigenvalue weighted by atomic mass is 79.9. The second-order valence-corrected chi connectivity index (χ2v) is 4.08. The van der Waals surface area contributed by atoms with E-state index in [1.54, 1.807) is 27.1 Å². The molecule has 0 radical (unpaired) electrons. The number of carbonyl (C=O) groups excluding carboxylic acids is 1. The molecular weight excluding hydrogens is 260 g/mol. The monoisotopic (exact) mass is 272 g/mol. The third-order valence-electron chi connectivity index (χ3n) is 1.73. The summed E-state index contributed by atoms with van der Waals surface area (Å²) < 4.78 is 0.704. The summed E-state index contributed by atoms with van der Waals surface area (Å²) in [6, 6.07) is 1.73. The van der Waals surface area contributed by atoms with Crippen LogP contribution in [-0.2, 0) is 4.79 Å². The summed E-state index contributed by atoms with van der Waals surface area (Å²) in [4.78, 5) is 21.0. The molecule has 0 aliphatic carbocycles. The number of likely N-dealkylation sites (N-methyl/N-ethyl adjacent to an activating group) is 1. The van der Waals surface area contributed by atoms with E-state index in [-0.39, 0.29) is 12.5 Å². The molecule has 0 saturated carbocycles. The Morgan fingerprint density at radius 3 is 2.73 bits per heavy atom. The van der Waals surface area contributed by atoms with Gasteiger partial charge in [-0.05, 0) is 22.9 Å². The van der Waals surface area contributed by atoms with Gasteiger partial charge in [0.05, 0.1) is 6.54 Å². The fraction of sp³-hybridized carbons (Fsp3) is 0.444. The minimum absolute atomic E-state index is 0.00221. The van der Waals surface area contributed by atoms with Crippen LogP contribution in [0.1, 0.15) is 5.82 Å². The Balaban J connectivity index is 2.61. The molecule has 5 nitrogen and oxygen atoms in total. The summed E-state index contributed by atoms with van der Waals surface area (Å²) in [5.41, 5.74) is 0. The van der Waals surface area contributed by atoms with Crippen molar-refractivity contribution < 1.29 is 4.79 Å². The molecule has 1 rings (SSSR count). The second kappa shape index (κ2) is 5.06. The van der Waals surface area contributed by atoms with Gasteiger partial charge in [0.25, 0.3) is 0 Å². The summed E-state index contributed by atoms with van der Waals surface area (Å²) in [5.74, 6) is 1.30. The summed E-state index contributed by atoms with van der Waals surface area (Å²) in [5, 5.41) is 2.94. The van der Waals surface area contributed by atoms with Crippen LogP contribution in [0.3, 0.4) is 0 Å². The van der Waals surface area contributed by atoms with E-state index in [1.807, 2.05) is 0 Å². The molecule has 82 valence electrons. The molecule has 1 aromatic rings. The number of hydrogen-bond acceptors (Lipinski definition) is 4. The van der Waals surface area contributed by atoms with E-state index in [1.165, 1.54) is 4.90 Å². The lowest BCUT2D eigenvalue weighted by Gasteiger charge is -2.11. The highest BCUT2D eigenvalue weighted by molar-refractivity contribution is 9.10. The number of aryl methyl sites for hydroxylation is 1. The molecule has 0 aromatic carbocycles. The van der Waals surface area contributed by atoms with Gasteiger partial charge in [-0.25, -0.2) is 9.97 Å². The number of hydrogen-bond donors (Lipinski definition) is 1. The zero-order valence-electron chi connectivity index (χ0n) is 8.91. The van der Waals surface area contributed by atoms with E-state index >= 15 is 0 Å². The molecule has 1 aromatic heterocycles. The lowest BCUT2D eigenvalue weighted by molar-refractivity contribution is -0.126. The topological polar surface area (TPSA) is 58.1 Å². The van der Waals surface area contributed by atoms with Gasteiger partial charge < -0.3 is 10.2 Å². The molecule has 1 N–H and O–H groups in total. The van der Waals surface area contributed by atoms with E-state index in [0.29, 0.717) is 16.2 Å². The molecule has 0 spiro atoms. The molecule has 1 heterocycles. The van der Waals surface area contributed by atoms with E-state index in [0.717, 1.165) is 0 Å². The Hall–Kier alpha value is -1.17. The van der Waals surface area contributed by atoms with Crippen LogP contribution in [0, 0.1) is 6.92 Å². The van der Waals surface area contributed by atoms with Crippen LogP contribution in [0.4, 0.5) is 5.82 Å². The zero-order valence-corrected chi connectivity index (χ0v) is 10.5. The molecule has 0 bridgehead atoms. The minimum atomic E-state index is 0.00221. The maximum Gasteiger partial charge on any atom is 0.241 e. The SMILES string of the molecule is Cc1nc(Br)cc(NCC(=O)N(C)C)n1. The summed E-state index contributed by atoms with van der Waals surface area (Å²) in [7, 11) is 3.43. The van der Waals surface area contributed by atoms with Crippen molar-refractivity contribution in [3.63, 3.8) is 0 Å². The molecule has 0 aliphatic heterocycles. The Bertz CT molecular complexity index is 347. The molecule has 0 unspecified atom stereocenters. The van der Waals surface area contributed by atoms with E-state index in [2.05, 4.69) is 31.2 Å². The van der Waals surface area contributed by atoms with Crippen LogP contribution >= 0.6 is 15.9 Å². The first-order valence-electron chi connectivity index (χ1n) is 4.44. The number of rotatable bonds is 3. The Labute approximate surface area is 97.0 Å². The van der Waals surface area contributed by atoms with Gasteiger partial charge in [-0.2, -0.15) is 0 Å². The van der Waals surface area contributed by atoms with E-state index in [4.69, 9.17) is 0 Å². The van der Waals surface area contributed by atoms with Crippen LogP contribution in [0.5, 0.6) is 0 Å². The van der Waals surface area contributed by atoms with Gasteiger partial charge in [-0.15, -0.1) is 0 Å². The standard InChI is InChI=1S/C9H13BrN4O/c1-6-12-7(10)4-8(13-6)11-5-9(15)14(2)3/h4H,5H2,1-3H3,(H,11,12,13). The lowest BCUT2D eigenvalue weighted by atomic mass is 10.5. The van der Waals surface area contributed by atoms with Gasteiger partial charge in [-0.3, -0.25) is 4.79 Å². The average molecular weight is 273 g/mol. The summed E-state index contributed by atoms with van der Waals surface area (Å²) >= 11 is 3.26. The van der Waals surface area contributed by atoms with Crippen LogP contribution < -0.4 is 5.32 Å². The fourth-order valence-electron chi connectivity index (χ4n) is 0.946. The number of halogens is 1. The van der Waals surface area contributed by atoms with Crippen LogP contribution in [0.25, 0.3) is 0 Å². The molecule has 6 heteroatoms. The van der Waals surface area contributed by atoms with Crippen molar-refractivity contribution in [2.24, 2.45) is 0 Å². The maximum absolute atomic E-state index is 11.3. The lowest BCUT2D eigenvalue weighted by Crippen LogP contribution is -2.28. The van der Waals surface area contributed by atoms with Crippen molar-refractivity contribution in [2.45, 2.75) is 6.92 Å². The smallest absolute Gasteiger partial charge is 0.241 e. The highest BCUT2D eigenvalue weighted by Gasteiger charge is 2.04. The predicted molar refractivity (Wildman–Crippen MR) is 61.7 cm³/mol. The second-order valence-electron chi connectivity index (χ2n) is 3.26.